The highest BCUT2D eigenvalue weighted by Gasteiger charge is 2.31. The van der Waals surface area contributed by atoms with Crippen LogP contribution in [0.15, 0.2) is 17.0 Å². The maximum Gasteiger partial charge on any atom is 0.231 e. The lowest BCUT2D eigenvalue weighted by Gasteiger charge is -2.25. The third-order valence-electron chi connectivity index (χ3n) is 3.17. The van der Waals surface area contributed by atoms with E-state index in [9.17, 15) is 8.42 Å². The first-order valence-electron chi connectivity index (χ1n) is 6.02. The van der Waals surface area contributed by atoms with Gasteiger partial charge in [-0.25, -0.2) is 8.42 Å². The Morgan fingerprint density at radius 3 is 2.84 bits per heavy atom. The molecule has 1 N–H and O–H groups in total. The van der Waals surface area contributed by atoms with Gasteiger partial charge in [-0.1, -0.05) is 6.07 Å². The van der Waals surface area contributed by atoms with Crippen molar-refractivity contribution in [1.82, 2.24) is 5.32 Å². The van der Waals surface area contributed by atoms with Gasteiger partial charge >= 0.3 is 0 Å². The minimum Gasteiger partial charge on any atom is -0.454 e. The van der Waals surface area contributed by atoms with Crippen LogP contribution in [0, 0.1) is 0 Å². The van der Waals surface area contributed by atoms with Gasteiger partial charge in [-0.3, -0.25) is 0 Å². The number of hydrogen-bond donors (Lipinski definition) is 1. The summed E-state index contributed by atoms with van der Waals surface area (Å²) in [5, 5.41) is 3.19. The van der Waals surface area contributed by atoms with Crippen molar-refractivity contribution in [1.29, 1.82) is 0 Å². The van der Waals surface area contributed by atoms with Crippen molar-refractivity contribution >= 4 is 9.84 Å². The molecule has 2 aliphatic rings. The largest absolute Gasteiger partial charge is 0.454 e. The zero-order valence-electron chi connectivity index (χ0n) is 10.5. The predicted octanol–water partition coefficient (Wildman–Crippen LogP) is 0.480. The number of rotatable bonds is 2. The fraction of sp³-hybridized carbons (Fsp3) is 0.500. The van der Waals surface area contributed by atoms with Crippen molar-refractivity contribution in [2.24, 2.45) is 0 Å². The molecule has 1 atom stereocenters. The summed E-state index contributed by atoms with van der Waals surface area (Å²) in [6.45, 7) is 1.96. The van der Waals surface area contributed by atoms with Gasteiger partial charge in [-0.2, -0.15) is 0 Å². The molecule has 1 saturated heterocycles. The molecule has 1 unspecified atom stereocenters. The van der Waals surface area contributed by atoms with Crippen LogP contribution in [0.1, 0.15) is 11.7 Å². The van der Waals surface area contributed by atoms with Crippen molar-refractivity contribution in [3.63, 3.8) is 0 Å². The topological polar surface area (TPSA) is 73.9 Å². The van der Waals surface area contributed by atoms with Crippen molar-refractivity contribution in [3.8, 4) is 11.5 Å². The van der Waals surface area contributed by atoms with E-state index in [1.165, 1.54) is 6.26 Å². The second-order valence-corrected chi connectivity index (χ2v) is 6.51. The molecule has 2 aliphatic heterocycles. The minimum atomic E-state index is -3.42. The summed E-state index contributed by atoms with van der Waals surface area (Å²) >= 11 is 0. The average molecular weight is 285 g/mol. The van der Waals surface area contributed by atoms with Gasteiger partial charge in [0.2, 0.25) is 6.79 Å². The van der Waals surface area contributed by atoms with Crippen LogP contribution in [-0.4, -0.2) is 41.2 Å². The van der Waals surface area contributed by atoms with Gasteiger partial charge in [-0.15, -0.1) is 0 Å². The zero-order chi connectivity index (χ0) is 13.5. The number of sulfone groups is 1. The van der Waals surface area contributed by atoms with Gasteiger partial charge in [0.25, 0.3) is 0 Å². The molecule has 0 spiro atoms. The standard InChI is InChI=1S/C12H15NO5S/c1-19(14,15)12-8(10-6-13-4-5-16-10)2-3-9-11(12)18-7-17-9/h2-3,10,13H,4-7H2,1H3. The van der Waals surface area contributed by atoms with Crippen molar-refractivity contribution in [2.75, 3.05) is 32.7 Å². The first-order valence-corrected chi connectivity index (χ1v) is 7.91. The molecule has 1 aromatic carbocycles. The molecule has 0 aliphatic carbocycles. The van der Waals surface area contributed by atoms with Crippen LogP contribution in [0.5, 0.6) is 11.5 Å². The molecule has 0 amide bonds. The SMILES string of the molecule is CS(=O)(=O)c1c(C2CNCCO2)ccc2c1OCO2. The van der Waals surface area contributed by atoms with E-state index < -0.39 is 9.84 Å². The van der Waals surface area contributed by atoms with Crippen LogP contribution in [0.2, 0.25) is 0 Å². The summed E-state index contributed by atoms with van der Waals surface area (Å²) in [4.78, 5) is 0.177. The summed E-state index contributed by atoms with van der Waals surface area (Å²) in [5.41, 5.74) is 0.624. The molecule has 0 radical (unpaired) electrons. The predicted molar refractivity (Wildman–Crippen MR) is 67.2 cm³/mol. The lowest BCUT2D eigenvalue weighted by Crippen LogP contribution is -2.34. The van der Waals surface area contributed by atoms with E-state index in [1.54, 1.807) is 12.1 Å². The number of benzene rings is 1. The van der Waals surface area contributed by atoms with Crippen LogP contribution >= 0.6 is 0 Å². The third kappa shape index (κ3) is 2.29. The highest BCUT2D eigenvalue weighted by atomic mass is 32.2. The van der Waals surface area contributed by atoms with Gasteiger partial charge < -0.3 is 19.5 Å². The molecule has 1 fully saturated rings. The van der Waals surface area contributed by atoms with Crippen LogP contribution in [0.3, 0.4) is 0 Å². The van der Waals surface area contributed by atoms with E-state index in [-0.39, 0.29) is 17.8 Å². The Bertz CT molecular complexity index is 592. The van der Waals surface area contributed by atoms with Crippen molar-refractivity contribution in [3.05, 3.63) is 17.7 Å². The first kappa shape index (κ1) is 12.7. The van der Waals surface area contributed by atoms with E-state index in [1.807, 2.05) is 0 Å². The second kappa shape index (κ2) is 4.66. The molecular formula is C12H15NO5S. The lowest BCUT2D eigenvalue weighted by atomic mass is 10.1. The highest BCUT2D eigenvalue weighted by molar-refractivity contribution is 7.90. The molecule has 0 aromatic heterocycles. The molecule has 3 rings (SSSR count). The van der Waals surface area contributed by atoms with E-state index in [2.05, 4.69) is 5.32 Å². The van der Waals surface area contributed by atoms with E-state index in [0.717, 1.165) is 6.54 Å². The summed E-state index contributed by atoms with van der Waals surface area (Å²) < 4.78 is 40.3. The molecule has 0 saturated carbocycles. The average Bonchev–Trinajstić information content (AvgIpc) is 2.85. The monoisotopic (exact) mass is 285 g/mol. The summed E-state index contributed by atoms with van der Waals surface area (Å²) in [5.74, 6) is 0.766. The Morgan fingerprint density at radius 2 is 2.16 bits per heavy atom. The van der Waals surface area contributed by atoms with E-state index in [0.29, 0.717) is 30.2 Å². The number of nitrogens with one attached hydrogen (secondary N) is 1. The number of hydrogen-bond acceptors (Lipinski definition) is 6. The lowest BCUT2D eigenvalue weighted by molar-refractivity contribution is 0.0258. The summed E-state index contributed by atoms with van der Waals surface area (Å²) in [6.07, 6.45) is 0.886. The number of fused-ring (bicyclic) bond motifs is 1. The fourth-order valence-electron chi connectivity index (χ4n) is 2.36. The van der Waals surface area contributed by atoms with E-state index >= 15 is 0 Å². The van der Waals surface area contributed by atoms with Gasteiger partial charge in [0.05, 0.1) is 12.7 Å². The normalized spacial score (nSPS) is 22.5. The first-order chi connectivity index (χ1) is 9.07. The Morgan fingerprint density at radius 1 is 1.32 bits per heavy atom. The Balaban J connectivity index is 2.14. The quantitative estimate of drug-likeness (QED) is 0.852. The van der Waals surface area contributed by atoms with E-state index in [4.69, 9.17) is 14.2 Å². The van der Waals surface area contributed by atoms with Gasteiger partial charge in [0.1, 0.15) is 4.90 Å². The van der Waals surface area contributed by atoms with Crippen molar-refractivity contribution in [2.45, 2.75) is 11.0 Å². The van der Waals surface area contributed by atoms with Crippen LogP contribution in [0.4, 0.5) is 0 Å². The highest BCUT2D eigenvalue weighted by Crippen LogP contribution is 2.42. The summed E-state index contributed by atoms with van der Waals surface area (Å²) in [7, 11) is -3.42. The molecule has 7 heteroatoms. The Kier molecular flexibility index (Phi) is 3.12. The zero-order valence-corrected chi connectivity index (χ0v) is 11.3. The van der Waals surface area contributed by atoms with Gasteiger partial charge in [-0.05, 0) is 6.07 Å². The summed E-state index contributed by atoms with van der Waals surface area (Å²) in [6, 6.07) is 3.46. The molecule has 1 aromatic rings. The third-order valence-corrected chi connectivity index (χ3v) is 4.33. The molecule has 104 valence electrons. The fourth-order valence-corrected chi connectivity index (χ4v) is 3.49. The smallest absolute Gasteiger partial charge is 0.231 e. The van der Waals surface area contributed by atoms with Gasteiger partial charge in [0.15, 0.2) is 21.3 Å². The van der Waals surface area contributed by atoms with Crippen LogP contribution in [-0.2, 0) is 14.6 Å². The molecule has 0 bridgehead atoms. The maximum absolute atomic E-state index is 12.0. The van der Waals surface area contributed by atoms with Crippen molar-refractivity contribution < 1.29 is 22.6 Å². The molecule has 19 heavy (non-hydrogen) atoms. The number of ether oxygens (including phenoxy) is 3. The molecular weight excluding hydrogens is 270 g/mol. The van der Waals surface area contributed by atoms with Gasteiger partial charge in [0, 0.05) is 24.9 Å². The maximum atomic E-state index is 12.0. The van der Waals surface area contributed by atoms with Crippen LogP contribution in [0.25, 0.3) is 0 Å². The second-order valence-electron chi connectivity index (χ2n) is 4.55. The minimum absolute atomic E-state index is 0.0467. The number of morpholine rings is 1. The molecule has 6 nitrogen and oxygen atoms in total. The Hall–Kier alpha value is -1.31. The molecule has 2 heterocycles. The Labute approximate surface area is 111 Å². The van der Waals surface area contributed by atoms with Crippen LogP contribution < -0.4 is 14.8 Å².